The lowest BCUT2D eigenvalue weighted by Crippen LogP contribution is -2.37. The molecule has 2 aromatic rings. The van der Waals surface area contributed by atoms with Crippen molar-refractivity contribution in [3.63, 3.8) is 0 Å². The first-order chi connectivity index (χ1) is 15.0. The maximum absolute atomic E-state index is 13.3. The molecule has 8 heteroatoms. The van der Waals surface area contributed by atoms with Crippen LogP contribution in [0.1, 0.15) is 50.3 Å². The van der Waals surface area contributed by atoms with Crippen LogP contribution in [0, 0.1) is 0 Å². The summed E-state index contributed by atoms with van der Waals surface area (Å²) in [5.74, 6) is -1.30. The topological polar surface area (TPSA) is 66.8 Å². The van der Waals surface area contributed by atoms with Gasteiger partial charge in [0.05, 0.1) is 11.3 Å². The number of alkyl halides is 3. The van der Waals surface area contributed by atoms with Gasteiger partial charge in [-0.15, -0.1) is 0 Å². The Morgan fingerprint density at radius 2 is 1.78 bits per heavy atom. The van der Waals surface area contributed by atoms with Gasteiger partial charge in [0, 0.05) is 18.5 Å². The summed E-state index contributed by atoms with van der Waals surface area (Å²) in [5, 5.41) is 8.69. The van der Waals surface area contributed by atoms with E-state index < -0.39 is 17.7 Å². The molecule has 172 valence electrons. The molecule has 0 saturated heterocycles. The molecule has 0 fully saturated rings. The van der Waals surface area contributed by atoms with Gasteiger partial charge < -0.3 is 14.7 Å². The number of carbonyl (C=O) groups excluding carboxylic acids is 1. The first-order valence-corrected chi connectivity index (χ1v) is 10.2. The second-order valence-corrected chi connectivity index (χ2v) is 7.49. The highest BCUT2D eigenvalue weighted by molar-refractivity contribution is 5.95. The summed E-state index contributed by atoms with van der Waals surface area (Å²) in [7, 11) is 0. The van der Waals surface area contributed by atoms with Crippen molar-refractivity contribution in [2.45, 2.75) is 52.4 Å². The van der Waals surface area contributed by atoms with Crippen LogP contribution in [-0.2, 0) is 22.4 Å². The van der Waals surface area contributed by atoms with Crippen molar-refractivity contribution in [3.05, 3.63) is 65.2 Å². The Kier molecular flexibility index (Phi) is 8.46. The minimum Gasteiger partial charge on any atom is -0.487 e. The lowest BCUT2D eigenvalue weighted by Gasteiger charge is -2.29. The minimum atomic E-state index is -4.55. The van der Waals surface area contributed by atoms with E-state index >= 15 is 0 Å². The van der Waals surface area contributed by atoms with Crippen LogP contribution >= 0.6 is 0 Å². The number of hydrogen-bond donors (Lipinski definition) is 1. The molecule has 32 heavy (non-hydrogen) atoms. The summed E-state index contributed by atoms with van der Waals surface area (Å²) >= 11 is 0. The zero-order chi connectivity index (χ0) is 23.9. The Labute approximate surface area is 185 Å². The number of benzene rings is 2. The second kappa shape index (κ2) is 10.8. The summed E-state index contributed by atoms with van der Waals surface area (Å²) in [4.78, 5) is 24.7. The molecule has 5 nitrogen and oxygen atoms in total. The van der Waals surface area contributed by atoms with Gasteiger partial charge in [-0.3, -0.25) is 4.79 Å². The Morgan fingerprint density at radius 3 is 2.31 bits per heavy atom. The number of amides is 1. The quantitative estimate of drug-likeness (QED) is 0.483. The SMILES string of the molecule is CCCC(=O)N(c1ccc(C(F)(F)F)cc1OCc1ccc(C=CC(=O)O)cc1)C(C)C. The number of anilines is 1. The summed E-state index contributed by atoms with van der Waals surface area (Å²) in [6.45, 7) is 5.41. The fourth-order valence-electron chi connectivity index (χ4n) is 3.09. The van der Waals surface area contributed by atoms with E-state index in [1.54, 1.807) is 38.1 Å². The molecule has 0 bridgehead atoms. The van der Waals surface area contributed by atoms with E-state index in [0.717, 1.165) is 18.2 Å². The molecule has 0 aliphatic heterocycles. The minimum absolute atomic E-state index is 0.0227. The first kappa shape index (κ1) is 25.0. The fourth-order valence-corrected chi connectivity index (χ4v) is 3.09. The summed E-state index contributed by atoms with van der Waals surface area (Å²) in [6.07, 6.45) is -1.23. The monoisotopic (exact) mass is 449 g/mol. The van der Waals surface area contributed by atoms with Crippen molar-refractivity contribution in [2.24, 2.45) is 0 Å². The van der Waals surface area contributed by atoms with E-state index in [9.17, 15) is 22.8 Å². The van der Waals surface area contributed by atoms with Crippen LogP contribution in [-0.4, -0.2) is 23.0 Å². The number of aliphatic carboxylic acids is 1. The van der Waals surface area contributed by atoms with E-state index in [1.165, 1.54) is 17.0 Å². The Hall–Kier alpha value is -3.29. The van der Waals surface area contributed by atoms with Gasteiger partial charge in [-0.1, -0.05) is 31.2 Å². The van der Waals surface area contributed by atoms with Gasteiger partial charge in [0.2, 0.25) is 5.91 Å². The van der Waals surface area contributed by atoms with Gasteiger partial charge in [-0.2, -0.15) is 13.2 Å². The zero-order valence-corrected chi connectivity index (χ0v) is 18.1. The lowest BCUT2D eigenvalue weighted by atomic mass is 10.1. The van der Waals surface area contributed by atoms with E-state index in [1.807, 2.05) is 6.92 Å². The van der Waals surface area contributed by atoms with Crippen LogP contribution in [0.4, 0.5) is 18.9 Å². The number of ether oxygens (including phenoxy) is 1. The van der Waals surface area contributed by atoms with Crippen LogP contribution in [0.15, 0.2) is 48.5 Å². The third-order valence-corrected chi connectivity index (χ3v) is 4.59. The van der Waals surface area contributed by atoms with E-state index in [0.29, 0.717) is 17.5 Å². The van der Waals surface area contributed by atoms with Crippen molar-refractivity contribution >= 4 is 23.6 Å². The van der Waals surface area contributed by atoms with Gasteiger partial charge in [0.1, 0.15) is 12.4 Å². The van der Waals surface area contributed by atoms with Gasteiger partial charge >= 0.3 is 12.1 Å². The lowest BCUT2D eigenvalue weighted by molar-refractivity contribution is -0.137. The van der Waals surface area contributed by atoms with Crippen molar-refractivity contribution in [3.8, 4) is 5.75 Å². The maximum atomic E-state index is 13.3. The number of hydrogen-bond acceptors (Lipinski definition) is 3. The molecule has 1 N–H and O–H groups in total. The molecule has 0 unspecified atom stereocenters. The van der Waals surface area contributed by atoms with E-state index in [2.05, 4.69) is 0 Å². The standard InChI is InChI=1S/C24H26F3NO4/c1-4-5-22(29)28(16(2)3)20-12-11-19(24(25,26)27)14-21(20)32-15-18-8-6-17(7-9-18)10-13-23(30)31/h6-14,16H,4-5,15H2,1-3H3,(H,30,31). The van der Waals surface area contributed by atoms with Gasteiger partial charge in [-0.05, 0) is 55.7 Å². The Morgan fingerprint density at radius 1 is 1.12 bits per heavy atom. The highest BCUT2D eigenvalue weighted by Gasteiger charge is 2.32. The number of carboxylic acid groups (broad SMARTS) is 1. The number of rotatable bonds is 9. The number of carbonyl (C=O) groups is 2. The second-order valence-electron chi connectivity index (χ2n) is 7.49. The molecule has 0 spiro atoms. The van der Waals surface area contributed by atoms with E-state index in [-0.39, 0.29) is 36.4 Å². The zero-order valence-electron chi connectivity index (χ0n) is 18.1. The maximum Gasteiger partial charge on any atom is 0.416 e. The van der Waals surface area contributed by atoms with Gasteiger partial charge in [0.25, 0.3) is 0 Å². The molecular weight excluding hydrogens is 423 g/mol. The van der Waals surface area contributed by atoms with Crippen LogP contribution in [0.2, 0.25) is 0 Å². The molecule has 0 radical (unpaired) electrons. The molecule has 0 saturated carbocycles. The highest BCUT2D eigenvalue weighted by Crippen LogP contribution is 2.38. The third kappa shape index (κ3) is 6.87. The smallest absolute Gasteiger partial charge is 0.416 e. The third-order valence-electron chi connectivity index (χ3n) is 4.59. The first-order valence-electron chi connectivity index (χ1n) is 10.2. The van der Waals surface area contributed by atoms with Crippen molar-refractivity contribution in [1.29, 1.82) is 0 Å². The molecule has 0 aliphatic rings. The van der Waals surface area contributed by atoms with Crippen LogP contribution < -0.4 is 9.64 Å². The fraction of sp³-hybridized carbons (Fsp3) is 0.333. The molecule has 0 atom stereocenters. The van der Waals surface area contributed by atoms with E-state index in [4.69, 9.17) is 9.84 Å². The molecule has 0 aromatic heterocycles. The highest BCUT2D eigenvalue weighted by atomic mass is 19.4. The summed E-state index contributed by atoms with van der Waals surface area (Å²) in [5.41, 5.74) is 0.758. The van der Waals surface area contributed by atoms with Crippen molar-refractivity contribution in [1.82, 2.24) is 0 Å². The number of nitrogens with zero attached hydrogens (tertiary/aromatic N) is 1. The van der Waals surface area contributed by atoms with Crippen LogP contribution in [0.5, 0.6) is 5.75 Å². The molecule has 1 amide bonds. The average Bonchev–Trinajstić information content (AvgIpc) is 2.71. The Balaban J connectivity index is 2.35. The molecule has 0 aliphatic carbocycles. The molecule has 2 rings (SSSR count). The predicted molar refractivity (Wildman–Crippen MR) is 116 cm³/mol. The Bertz CT molecular complexity index is 966. The average molecular weight is 449 g/mol. The molecular formula is C24H26F3NO4. The molecule has 0 heterocycles. The van der Waals surface area contributed by atoms with Gasteiger partial charge in [-0.25, -0.2) is 4.79 Å². The predicted octanol–water partition coefficient (Wildman–Crippen LogP) is 5.92. The van der Waals surface area contributed by atoms with Crippen molar-refractivity contribution < 1.29 is 32.6 Å². The normalized spacial score (nSPS) is 11.7. The summed E-state index contributed by atoms with van der Waals surface area (Å²) < 4.78 is 45.6. The number of halogens is 3. The molecule has 2 aromatic carbocycles. The largest absolute Gasteiger partial charge is 0.487 e. The van der Waals surface area contributed by atoms with Gasteiger partial charge in [0.15, 0.2) is 0 Å². The van der Waals surface area contributed by atoms with Crippen LogP contribution in [0.3, 0.4) is 0 Å². The van der Waals surface area contributed by atoms with Crippen LogP contribution in [0.25, 0.3) is 6.08 Å². The van der Waals surface area contributed by atoms with Crippen molar-refractivity contribution in [2.75, 3.05) is 4.90 Å². The summed E-state index contributed by atoms with van der Waals surface area (Å²) in [6, 6.07) is 9.59. The number of carboxylic acids is 1.